The lowest BCUT2D eigenvalue weighted by Crippen LogP contribution is -2.11. The van der Waals surface area contributed by atoms with Gasteiger partial charge in [0.1, 0.15) is 12.0 Å². The van der Waals surface area contributed by atoms with Crippen LogP contribution in [0, 0.1) is 0 Å². The summed E-state index contributed by atoms with van der Waals surface area (Å²) in [6.45, 7) is 5.75. The number of hydrogen-bond acceptors (Lipinski definition) is 4. The zero-order chi connectivity index (χ0) is 11.4. The Bertz CT molecular complexity index is 445. The topological polar surface area (TPSA) is 51.2 Å². The number of nitrogens with zero attached hydrogens (tertiary/aromatic N) is 1. The van der Waals surface area contributed by atoms with Crippen molar-refractivity contribution >= 4 is 0 Å². The molecule has 0 saturated heterocycles. The number of aromatic nitrogens is 1. The first-order valence-electron chi connectivity index (χ1n) is 5.57. The highest BCUT2D eigenvalue weighted by Crippen LogP contribution is 2.21. The smallest absolute Gasteiger partial charge is 0.263 e. The predicted octanol–water partition coefficient (Wildman–Crippen LogP) is 2.61. The molecule has 2 heterocycles. The Morgan fingerprint density at radius 3 is 2.88 bits per heavy atom. The van der Waals surface area contributed by atoms with E-state index in [2.05, 4.69) is 24.1 Å². The van der Waals surface area contributed by atoms with Gasteiger partial charge in [0, 0.05) is 13.0 Å². The number of oxazole rings is 1. The summed E-state index contributed by atoms with van der Waals surface area (Å²) in [5, 5.41) is 3.19. The minimum absolute atomic E-state index is 0.549. The Balaban J connectivity index is 2.11. The SMILES string of the molecule is CCNCc1coc(-c2ccc(CC)o2)n1. The van der Waals surface area contributed by atoms with Gasteiger partial charge >= 0.3 is 0 Å². The molecule has 0 unspecified atom stereocenters. The molecule has 0 saturated carbocycles. The van der Waals surface area contributed by atoms with E-state index in [1.54, 1.807) is 6.26 Å². The van der Waals surface area contributed by atoms with Gasteiger partial charge in [0.15, 0.2) is 5.76 Å². The third kappa shape index (κ3) is 2.33. The molecular formula is C12H16N2O2. The molecule has 4 heteroatoms. The molecule has 16 heavy (non-hydrogen) atoms. The van der Waals surface area contributed by atoms with Gasteiger partial charge in [-0.3, -0.25) is 0 Å². The number of aryl methyl sites for hydroxylation is 1. The third-order valence-electron chi connectivity index (χ3n) is 2.33. The molecule has 2 aromatic heterocycles. The van der Waals surface area contributed by atoms with Crippen molar-refractivity contribution in [2.75, 3.05) is 6.54 Å². The summed E-state index contributed by atoms with van der Waals surface area (Å²) in [6.07, 6.45) is 2.54. The van der Waals surface area contributed by atoms with Crippen LogP contribution in [-0.2, 0) is 13.0 Å². The molecule has 0 aliphatic heterocycles. The first-order chi connectivity index (χ1) is 7.83. The van der Waals surface area contributed by atoms with E-state index in [0.29, 0.717) is 11.7 Å². The van der Waals surface area contributed by atoms with E-state index in [1.807, 2.05) is 12.1 Å². The predicted molar refractivity (Wildman–Crippen MR) is 61.0 cm³/mol. The van der Waals surface area contributed by atoms with E-state index >= 15 is 0 Å². The molecule has 0 atom stereocenters. The van der Waals surface area contributed by atoms with Gasteiger partial charge in [0.25, 0.3) is 5.89 Å². The average molecular weight is 220 g/mol. The quantitative estimate of drug-likeness (QED) is 0.841. The second-order valence-electron chi connectivity index (χ2n) is 3.54. The Kier molecular flexibility index (Phi) is 3.41. The monoisotopic (exact) mass is 220 g/mol. The van der Waals surface area contributed by atoms with Gasteiger partial charge in [-0.15, -0.1) is 0 Å². The fraction of sp³-hybridized carbons (Fsp3) is 0.417. The fourth-order valence-electron chi connectivity index (χ4n) is 1.44. The van der Waals surface area contributed by atoms with Crippen molar-refractivity contribution < 1.29 is 8.83 Å². The van der Waals surface area contributed by atoms with Crippen molar-refractivity contribution in [2.45, 2.75) is 26.8 Å². The van der Waals surface area contributed by atoms with E-state index in [-0.39, 0.29) is 0 Å². The lowest BCUT2D eigenvalue weighted by Gasteiger charge is -1.93. The average Bonchev–Trinajstić information content (AvgIpc) is 2.94. The lowest BCUT2D eigenvalue weighted by molar-refractivity contribution is 0.490. The normalized spacial score (nSPS) is 10.9. The van der Waals surface area contributed by atoms with Crippen LogP contribution in [0.1, 0.15) is 25.3 Å². The maximum Gasteiger partial charge on any atom is 0.263 e. The van der Waals surface area contributed by atoms with Crippen molar-refractivity contribution in [3.63, 3.8) is 0 Å². The molecule has 0 spiro atoms. The van der Waals surface area contributed by atoms with E-state index in [0.717, 1.165) is 31.0 Å². The van der Waals surface area contributed by atoms with E-state index in [1.165, 1.54) is 0 Å². The summed E-state index contributed by atoms with van der Waals surface area (Å²) in [7, 11) is 0. The molecule has 0 aliphatic rings. The fourth-order valence-corrected chi connectivity index (χ4v) is 1.44. The zero-order valence-electron chi connectivity index (χ0n) is 9.62. The van der Waals surface area contributed by atoms with Gasteiger partial charge in [-0.05, 0) is 18.7 Å². The van der Waals surface area contributed by atoms with Gasteiger partial charge < -0.3 is 14.2 Å². The van der Waals surface area contributed by atoms with Crippen LogP contribution in [0.2, 0.25) is 0 Å². The Hall–Kier alpha value is -1.55. The summed E-state index contributed by atoms with van der Waals surface area (Å²) < 4.78 is 10.9. The second kappa shape index (κ2) is 4.99. The molecular weight excluding hydrogens is 204 g/mol. The van der Waals surface area contributed by atoms with Crippen LogP contribution in [0.15, 0.2) is 27.2 Å². The summed E-state index contributed by atoms with van der Waals surface area (Å²) in [6, 6.07) is 3.84. The van der Waals surface area contributed by atoms with Crippen molar-refractivity contribution in [3.8, 4) is 11.7 Å². The molecule has 1 N–H and O–H groups in total. The van der Waals surface area contributed by atoms with Crippen molar-refractivity contribution in [3.05, 3.63) is 29.9 Å². The highest BCUT2D eigenvalue weighted by atomic mass is 16.4. The first-order valence-corrected chi connectivity index (χ1v) is 5.57. The van der Waals surface area contributed by atoms with Crippen LogP contribution in [0.5, 0.6) is 0 Å². The molecule has 0 aliphatic carbocycles. The summed E-state index contributed by atoms with van der Waals surface area (Å²) in [5.41, 5.74) is 0.895. The van der Waals surface area contributed by atoms with E-state index in [9.17, 15) is 0 Å². The maximum absolute atomic E-state index is 5.56. The highest BCUT2D eigenvalue weighted by molar-refractivity contribution is 5.44. The third-order valence-corrected chi connectivity index (χ3v) is 2.33. The Morgan fingerprint density at radius 2 is 2.19 bits per heavy atom. The molecule has 0 bridgehead atoms. The van der Waals surface area contributed by atoms with Crippen LogP contribution >= 0.6 is 0 Å². The van der Waals surface area contributed by atoms with Gasteiger partial charge in [-0.1, -0.05) is 13.8 Å². The van der Waals surface area contributed by atoms with Crippen LogP contribution in [0.4, 0.5) is 0 Å². The zero-order valence-corrected chi connectivity index (χ0v) is 9.62. The maximum atomic E-state index is 5.56. The van der Waals surface area contributed by atoms with E-state index in [4.69, 9.17) is 8.83 Å². The first kappa shape index (κ1) is 11.0. The van der Waals surface area contributed by atoms with Gasteiger partial charge in [-0.25, -0.2) is 4.98 Å². The molecule has 0 fully saturated rings. The molecule has 0 aromatic carbocycles. The van der Waals surface area contributed by atoms with Crippen molar-refractivity contribution in [1.82, 2.24) is 10.3 Å². The number of rotatable bonds is 5. The molecule has 0 radical (unpaired) electrons. The van der Waals surface area contributed by atoms with E-state index < -0.39 is 0 Å². The largest absolute Gasteiger partial charge is 0.456 e. The Morgan fingerprint density at radius 1 is 1.31 bits per heavy atom. The van der Waals surface area contributed by atoms with Gasteiger partial charge in [0.2, 0.25) is 0 Å². The van der Waals surface area contributed by atoms with Crippen molar-refractivity contribution in [2.24, 2.45) is 0 Å². The summed E-state index contributed by atoms with van der Waals surface area (Å²) in [5.74, 6) is 2.19. The molecule has 4 nitrogen and oxygen atoms in total. The van der Waals surface area contributed by atoms with Crippen LogP contribution < -0.4 is 5.32 Å². The van der Waals surface area contributed by atoms with Gasteiger partial charge in [0.05, 0.1) is 5.69 Å². The van der Waals surface area contributed by atoms with Crippen LogP contribution in [-0.4, -0.2) is 11.5 Å². The van der Waals surface area contributed by atoms with Gasteiger partial charge in [-0.2, -0.15) is 0 Å². The standard InChI is InChI=1S/C12H16N2O2/c1-3-10-5-6-11(16-10)12-14-9(8-15-12)7-13-4-2/h5-6,8,13H,3-4,7H2,1-2H3. The summed E-state index contributed by atoms with van der Waals surface area (Å²) >= 11 is 0. The van der Waals surface area contributed by atoms with Crippen LogP contribution in [0.3, 0.4) is 0 Å². The minimum atomic E-state index is 0.549. The number of furan rings is 1. The van der Waals surface area contributed by atoms with Crippen LogP contribution in [0.25, 0.3) is 11.7 Å². The van der Waals surface area contributed by atoms with Crippen molar-refractivity contribution in [1.29, 1.82) is 0 Å². The molecule has 2 aromatic rings. The molecule has 86 valence electrons. The second-order valence-corrected chi connectivity index (χ2v) is 3.54. The summed E-state index contributed by atoms with van der Waals surface area (Å²) in [4.78, 5) is 4.34. The minimum Gasteiger partial charge on any atom is -0.456 e. The lowest BCUT2D eigenvalue weighted by atomic mass is 10.3. The highest BCUT2D eigenvalue weighted by Gasteiger charge is 2.10. The molecule has 2 rings (SSSR count). The number of nitrogens with one attached hydrogen (secondary N) is 1. The Labute approximate surface area is 94.7 Å². The number of hydrogen-bond donors (Lipinski definition) is 1. The molecule has 0 amide bonds.